The van der Waals surface area contributed by atoms with Gasteiger partial charge in [0.1, 0.15) is 0 Å². The summed E-state index contributed by atoms with van der Waals surface area (Å²) in [4.78, 5) is 3.59. The number of hydrogen-bond acceptors (Lipinski definition) is 2. The van der Waals surface area contributed by atoms with Crippen LogP contribution >= 0.6 is 0 Å². The van der Waals surface area contributed by atoms with Gasteiger partial charge < -0.3 is 5.73 Å². The van der Waals surface area contributed by atoms with E-state index in [0.717, 1.165) is 0 Å². The topological polar surface area (TPSA) is 38.9 Å². The summed E-state index contributed by atoms with van der Waals surface area (Å²) in [6.07, 6.45) is -2.95. The fraction of sp³-hybridized carbons (Fsp3) is 0.444. The summed E-state index contributed by atoms with van der Waals surface area (Å²) in [6.45, 7) is 0. The maximum atomic E-state index is 12.9. The maximum absolute atomic E-state index is 12.9. The molecule has 2 rings (SSSR count). The van der Waals surface area contributed by atoms with Crippen molar-refractivity contribution < 1.29 is 17.6 Å². The Hall–Kier alpha value is -1.17. The lowest BCUT2D eigenvalue weighted by atomic mass is 10.1. The van der Waals surface area contributed by atoms with Gasteiger partial charge in [-0.05, 0) is 18.9 Å². The lowest BCUT2D eigenvalue weighted by Gasteiger charge is -2.12. The first-order chi connectivity index (χ1) is 6.83. The molecular formula is C9H8F4N2. The van der Waals surface area contributed by atoms with Gasteiger partial charge in [0.05, 0.1) is 23.0 Å². The Kier molecular flexibility index (Phi) is 2.01. The Morgan fingerprint density at radius 2 is 1.93 bits per heavy atom. The van der Waals surface area contributed by atoms with E-state index in [1.807, 2.05) is 0 Å². The first kappa shape index (κ1) is 10.4. The Labute approximate surface area is 83.1 Å². The van der Waals surface area contributed by atoms with Gasteiger partial charge in [0.2, 0.25) is 0 Å². The molecule has 0 spiro atoms. The number of nitrogens with zero attached hydrogens (tertiary/aromatic N) is 1. The smallest absolute Gasteiger partial charge is 0.320 e. The fourth-order valence-corrected chi connectivity index (χ4v) is 1.32. The van der Waals surface area contributed by atoms with Gasteiger partial charge in [-0.25, -0.2) is 4.39 Å². The molecule has 2 nitrogen and oxygen atoms in total. The van der Waals surface area contributed by atoms with Gasteiger partial charge in [0.15, 0.2) is 5.82 Å². The number of pyridine rings is 1. The lowest BCUT2D eigenvalue weighted by Crippen LogP contribution is -2.22. The van der Waals surface area contributed by atoms with Gasteiger partial charge in [0, 0.05) is 0 Å². The first-order valence-corrected chi connectivity index (χ1v) is 4.35. The van der Waals surface area contributed by atoms with E-state index in [9.17, 15) is 17.6 Å². The zero-order valence-electron chi connectivity index (χ0n) is 7.61. The third-order valence-electron chi connectivity index (χ3n) is 2.46. The Balaban J connectivity index is 2.46. The summed E-state index contributed by atoms with van der Waals surface area (Å²) in [5.41, 5.74) is 3.70. The van der Waals surface area contributed by atoms with Crippen molar-refractivity contribution in [3.63, 3.8) is 0 Å². The van der Waals surface area contributed by atoms with Crippen molar-refractivity contribution in [2.24, 2.45) is 5.73 Å². The van der Waals surface area contributed by atoms with E-state index < -0.39 is 23.1 Å². The van der Waals surface area contributed by atoms with Crippen molar-refractivity contribution in [3.05, 3.63) is 29.3 Å². The molecule has 1 aromatic heterocycles. The summed E-state index contributed by atoms with van der Waals surface area (Å²) in [5.74, 6) is -1.37. The minimum absolute atomic E-state index is 0.108. The van der Waals surface area contributed by atoms with Gasteiger partial charge in [-0.1, -0.05) is 0 Å². The third kappa shape index (κ3) is 1.81. The van der Waals surface area contributed by atoms with Crippen LogP contribution in [0.4, 0.5) is 17.6 Å². The average Bonchev–Trinajstić information content (AvgIpc) is 2.83. The molecule has 1 heterocycles. The molecule has 0 saturated heterocycles. The van der Waals surface area contributed by atoms with Crippen molar-refractivity contribution in [3.8, 4) is 0 Å². The van der Waals surface area contributed by atoms with E-state index in [1.54, 1.807) is 0 Å². The second-order valence-electron chi connectivity index (χ2n) is 3.70. The van der Waals surface area contributed by atoms with Crippen molar-refractivity contribution in [2.45, 2.75) is 24.6 Å². The second-order valence-corrected chi connectivity index (χ2v) is 3.70. The number of aromatic nitrogens is 1. The number of nitrogens with two attached hydrogens (primary N) is 1. The molecular weight excluding hydrogens is 212 g/mol. The van der Waals surface area contributed by atoms with Gasteiger partial charge in [0.25, 0.3) is 0 Å². The summed E-state index contributed by atoms with van der Waals surface area (Å²) in [6, 6.07) is 0.697. The predicted molar refractivity (Wildman–Crippen MR) is 44.3 cm³/mol. The molecule has 15 heavy (non-hydrogen) atoms. The van der Waals surface area contributed by atoms with Crippen LogP contribution in [0.5, 0.6) is 0 Å². The molecule has 0 bridgehead atoms. The molecule has 1 fully saturated rings. The molecule has 1 aliphatic rings. The summed E-state index contributed by atoms with van der Waals surface area (Å²) < 4.78 is 49.8. The third-order valence-corrected chi connectivity index (χ3v) is 2.46. The minimum Gasteiger partial charge on any atom is -0.320 e. The quantitative estimate of drug-likeness (QED) is 0.737. The van der Waals surface area contributed by atoms with Crippen molar-refractivity contribution in [2.75, 3.05) is 0 Å². The van der Waals surface area contributed by atoms with E-state index in [1.165, 1.54) is 0 Å². The van der Waals surface area contributed by atoms with Crippen LogP contribution < -0.4 is 5.73 Å². The zero-order chi connectivity index (χ0) is 11.3. The van der Waals surface area contributed by atoms with Crippen molar-refractivity contribution >= 4 is 0 Å². The minimum atomic E-state index is -4.70. The Bertz CT molecular complexity index is 396. The van der Waals surface area contributed by atoms with Crippen LogP contribution in [0.1, 0.15) is 24.1 Å². The monoisotopic (exact) mass is 220 g/mol. The highest BCUT2D eigenvalue weighted by Crippen LogP contribution is 2.43. The molecule has 6 heteroatoms. The van der Waals surface area contributed by atoms with Crippen LogP contribution in [0.3, 0.4) is 0 Å². The van der Waals surface area contributed by atoms with E-state index >= 15 is 0 Å². The molecule has 2 N–H and O–H groups in total. The molecule has 0 atom stereocenters. The van der Waals surface area contributed by atoms with Gasteiger partial charge in [-0.15, -0.1) is 0 Å². The molecule has 0 unspecified atom stereocenters. The normalized spacial score (nSPS) is 19.0. The average molecular weight is 220 g/mol. The Morgan fingerprint density at radius 3 is 2.40 bits per heavy atom. The van der Waals surface area contributed by atoms with Crippen LogP contribution in [-0.2, 0) is 11.7 Å². The standard InChI is InChI=1S/C9H8F4N2/c10-6-4-15-7(8(14)1-2-8)3-5(6)9(11,12)13/h3-4H,1-2,14H2. The van der Waals surface area contributed by atoms with E-state index in [4.69, 9.17) is 5.73 Å². The predicted octanol–water partition coefficient (Wildman–Crippen LogP) is 2.19. The molecule has 0 aromatic carbocycles. The van der Waals surface area contributed by atoms with Crippen molar-refractivity contribution in [1.82, 2.24) is 4.98 Å². The van der Waals surface area contributed by atoms with Crippen LogP contribution in [0, 0.1) is 5.82 Å². The highest BCUT2D eigenvalue weighted by molar-refractivity contribution is 5.29. The highest BCUT2D eigenvalue weighted by Gasteiger charge is 2.43. The van der Waals surface area contributed by atoms with Gasteiger partial charge in [-0.3, -0.25) is 4.98 Å². The highest BCUT2D eigenvalue weighted by atomic mass is 19.4. The van der Waals surface area contributed by atoms with Gasteiger partial charge in [-0.2, -0.15) is 13.2 Å². The number of hydrogen-bond donors (Lipinski definition) is 1. The van der Waals surface area contributed by atoms with E-state index in [-0.39, 0.29) is 5.69 Å². The van der Waals surface area contributed by atoms with Gasteiger partial charge >= 0.3 is 6.18 Å². The van der Waals surface area contributed by atoms with E-state index in [0.29, 0.717) is 25.1 Å². The molecule has 1 aliphatic carbocycles. The van der Waals surface area contributed by atoms with Crippen LogP contribution in [0.15, 0.2) is 12.3 Å². The molecule has 82 valence electrons. The number of halogens is 4. The Morgan fingerprint density at radius 1 is 1.33 bits per heavy atom. The fourth-order valence-electron chi connectivity index (χ4n) is 1.32. The number of rotatable bonds is 1. The molecule has 0 aliphatic heterocycles. The second kappa shape index (κ2) is 2.91. The number of alkyl halides is 3. The lowest BCUT2D eigenvalue weighted by molar-refractivity contribution is -0.140. The SMILES string of the molecule is NC1(c2cc(C(F)(F)F)c(F)cn2)CC1. The maximum Gasteiger partial charge on any atom is 0.419 e. The first-order valence-electron chi connectivity index (χ1n) is 4.35. The molecule has 1 saturated carbocycles. The van der Waals surface area contributed by atoms with Crippen LogP contribution in [0.2, 0.25) is 0 Å². The van der Waals surface area contributed by atoms with Crippen LogP contribution in [-0.4, -0.2) is 4.98 Å². The molecule has 0 amide bonds. The summed E-state index contributed by atoms with van der Waals surface area (Å²) in [5, 5.41) is 0. The zero-order valence-corrected chi connectivity index (χ0v) is 7.61. The molecule has 1 aromatic rings. The summed E-state index contributed by atoms with van der Waals surface area (Å²) >= 11 is 0. The van der Waals surface area contributed by atoms with Crippen molar-refractivity contribution in [1.29, 1.82) is 0 Å². The van der Waals surface area contributed by atoms with E-state index in [2.05, 4.69) is 4.98 Å². The summed E-state index contributed by atoms with van der Waals surface area (Å²) in [7, 11) is 0. The largest absolute Gasteiger partial charge is 0.419 e. The molecule has 0 radical (unpaired) electrons. The van der Waals surface area contributed by atoms with Crippen LogP contribution in [0.25, 0.3) is 0 Å².